The first kappa shape index (κ1) is 18.9. The van der Waals surface area contributed by atoms with Crippen LogP contribution in [0.1, 0.15) is 36.0 Å². The highest BCUT2D eigenvalue weighted by Crippen LogP contribution is 2.32. The summed E-state index contributed by atoms with van der Waals surface area (Å²) in [5.74, 6) is 2.03. The zero-order chi connectivity index (χ0) is 20.2. The maximum absolute atomic E-state index is 12.8. The molecule has 0 radical (unpaired) electrons. The van der Waals surface area contributed by atoms with Gasteiger partial charge in [-0.1, -0.05) is 5.16 Å². The van der Waals surface area contributed by atoms with Crippen LogP contribution in [0.2, 0.25) is 0 Å². The van der Waals surface area contributed by atoms with Crippen LogP contribution < -0.4 is 9.47 Å². The summed E-state index contributed by atoms with van der Waals surface area (Å²) in [5, 5.41) is 3.95. The normalized spacial score (nSPS) is 13.8. The standard InChI is InChI=1S/C20H21N5O4/c1-3-27-16-6-5-13(9-17(16)28-4-2)20(26)25-11-14(12-25)19-23-18(24-29-19)15-10-21-7-8-22-15/h5-10,14H,3-4,11-12H2,1-2H3. The molecule has 4 rings (SSSR count). The molecule has 1 aliphatic heterocycles. The second-order valence-corrected chi connectivity index (χ2v) is 6.48. The number of benzene rings is 1. The number of amides is 1. The summed E-state index contributed by atoms with van der Waals surface area (Å²) in [4.78, 5) is 27.1. The van der Waals surface area contributed by atoms with Crippen molar-refractivity contribution in [3.8, 4) is 23.0 Å². The van der Waals surface area contributed by atoms with Gasteiger partial charge in [0.2, 0.25) is 11.7 Å². The third-order valence-corrected chi connectivity index (χ3v) is 4.54. The fourth-order valence-electron chi connectivity index (χ4n) is 3.09. The summed E-state index contributed by atoms with van der Waals surface area (Å²) in [6.45, 7) is 5.85. The molecule has 1 fully saturated rings. The Balaban J connectivity index is 1.41. The van der Waals surface area contributed by atoms with E-state index in [2.05, 4.69) is 20.1 Å². The summed E-state index contributed by atoms with van der Waals surface area (Å²) >= 11 is 0. The molecule has 0 unspecified atom stereocenters. The second kappa shape index (κ2) is 8.26. The average Bonchev–Trinajstić information content (AvgIpc) is 3.19. The minimum Gasteiger partial charge on any atom is -0.490 e. The van der Waals surface area contributed by atoms with Gasteiger partial charge in [-0.25, -0.2) is 4.98 Å². The van der Waals surface area contributed by atoms with Gasteiger partial charge in [0, 0.05) is 31.0 Å². The van der Waals surface area contributed by atoms with Gasteiger partial charge >= 0.3 is 0 Å². The molecule has 0 saturated carbocycles. The van der Waals surface area contributed by atoms with Gasteiger partial charge in [-0.2, -0.15) is 4.98 Å². The minimum absolute atomic E-state index is 0.00549. The van der Waals surface area contributed by atoms with Crippen molar-refractivity contribution in [1.29, 1.82) is 0 Å². The average molecular weight is 395 g/mol. The Labute approximate surface area is 167 Å². The molecule has 0 bridgehead atoms. The topological polar surface area (TPSA) is 103 Å². The maximum Gasteiger partial charge on any atom is 0.254 e. The number of carbonyl (C=O) groups is 1. The van der Waals surface area contributed by atoms with Crippen LogP contribution in [0, 0.1) is 0 Å². The molecule has 150 valence electrons. The van der Waals surface area contributed by atoms with Crippen LogP contribution >= 0.6 is 0 Å². The van der Waals surface area contributed by atoms with E-state index in [9.17, 15) is 4.79 Å². The van der Waals surface area contributed by atoms with Crippen molar-refractivity contribution in [3.05, 3.63) is 48.2 Å². The molecule has 0 atom stereocenters. The molecule has 0 aliphatic carbocycles. The van der Waals surface area contributed by atoms with Crippen LogP contribution in [-0.4, -0.2) is 57.2 Å². The summed E-state index contributed by atoms with van der Waals surface area (Å²) in [5.41, 5.74) is 1.11. The second-order valence-electron chi connectivity index (χ2n) is 6.48. The van der Waals surface area contributed by atoms with Crippen molar-refractivity contribution in [2.45, 2.75) is 19.8 Å². The Hall–Kier alpha value is -3.49. The lowest BCUT2D eigenvalue weighted by Crippen LogP contribution is -2.48. The smallest absolute Gasteiger partial charge is 0.254 e. The van der Waals surface area contributed by atoms with Crippen molar-refractivity contribution in [3.63, 3.8) is 0 Å². The van der Waals surface area contributed by atoms with E-state index in [1.165, 1.54) is 0 Å². The molecular formula is C20H21N5O4. The summed E-state index contributed by atoms with van der Waals surface area (Å²) in [6, 6.07) is 5.25. The third kappa shape index (κ3) is 3.89. The lowest BCUT2D eigenvalue weighted by Gasteiger charge is -2.37. The van der Waals surface area contributed by atoms with E-state index in [0.29, 0.717) is 60.8 Å². The maximum atomic E-state index is 12.8. The van der Waals surface area contributed by atoms with E-state index >= 15 is 0 Å². The molecule has 1 amide bonds. The Morgan fingerprint density at radius 1 is 1.17 bits per heavy atom. The fraction of sp³-hybridized carbons (Fsp3) is 0.350. The SMILES string of the molecule is CCOc1ccc(C(=O)N2CC(c3nc(-c4cnccn4)no3)C2)cc1OCC. The van der Waals surface area contributed by atoms with Crippen molar-refractivity contribution >= 4 is 5.91 Å². The Bertz CT molecular complexity index is 986. The Morgan fingerprint density at radius 3 is 2.69 bits per heavy atom. The Morgan fingerprint density at radius 2 is 1.97 bits per heavy atom. The van der Waals surface area contributed by atoms with E-state index < -0.39 is 0 Å². The van der Waals surface area contributed by atoms with Crippen LogP contribution in [0.5, 0.6) is 11.5 Å². The zero-order valence-electron chi connectivity index (χ0n) is 16.2. The van der Waals surface area contributed by atoms with Crippen LogP contribution in [0.3, 0.4) is 0 Å². The molecule has 0 spiro atoms. The molecule has 29 heavy (non-hydrogen) atoms. The van der Waals surface area contributed by atoms with Gasteiger partial charge in [0.1, 0.15) is 5.69 Å². The molecule has 3 heterocycles. The lowest BCUT2D eigenvalue weighted by atomic mass is 9.98. The number of hydrogen-bond acceptors (Lipinski definition) is 8. The van der Waals surface area contributed by atoms with E-state index in [0.717, 1.165) is 0 Å². The molecule has 1 aromatic carbocycles. The van der Waals surface area contributed by atoms with Crippen LogP contribution in [0.4, 0.5) is 0 Å². The molecule has 1 saturated heterocycles. The minimum atomic E-state index is -0.0704. The summed E-state index contributed by atoms with van der Waals surface area (Å²) in [7, 11) is 0. The van der Waals surface area contributed by atoms with Crippen LogP contribution in [0.15, 0.2) is 41.3 Å². The highest BCUT2D eigenvalue weighted by atomic mass is 16.5. The predicted octanol–water partition coefficient (Wildman–Crippen LogP) is 2.56. The van der Waals surface area contributed by atoms with E-state index in [1.807, 2.05) is 13.8 Å². The quantitative estimate of drug-likeness (QED) is 0.601. The summed E-state index contributed by atoms with van der Waals surface area (Å²) < 4.78 is 16.5. The number of aromatic nitrogens is 4. The molecule has 9 heteroatoms. The zero-order valence-corrected chi connectivity index (χ0v) is 16.2. The van der Waals surface area contributed by atoms with Crippen molar-refractivity contribution < 1.29 is 18.8 Å². The van der Waals surface area contributed by atoms with E-state index in [4.69, 9.17) is 14.0 Å². The predicted molar refractivity (Wildman–Crippen MR) is 103 cm³/mol. The first-order chi connectivity index (χ1) is 14.2. The molecule has 2 aromatic heterocycles. The van der Waals surface area contributed by atoms with E-state index in [-0.39, 0.29) is 11.8 Å². The van der Waals surface area contributed by atoms with Gasteiger partial charge in [0.15, 0.2) is 11.5 Å². The molecule has 9 nitrogen and oxygen atoms in total. The van der Waals surface area contributed by atoms with Gasteiger partial charge in [-0.3, -0.25) is 9.78 Å². The highest BCUT2D eigenvalue weighted by Gasteiger charge is 2.36. The number of ether oxygens (including phenoxy) is 2. The molecule has 0 N–H and O–H groups in total. The summed E-state index contributed by atoms with van der Waals surface area (Å²) in [6.07, 6.45) is 4.73. The van der Waals surface area contributed by atoms with Gasteiger partial charge < -0.3 is 18.9 Å². The van der Waals surface area contributed by atoms with Crippen LogP contribution in [-0.2, 0) is 0 Å². The lowest BCUT2D eigenvalue weighted by molar-refractivity contribution is 0.0568. The van der Waals surface area contributed by atoms with Crippen molar-refractivity contribution in [2.24, 2.45) is 0 Å². The van der Waals surface area contributed by atoms with Gasteiger partial charge in [-0.15, -0.1) is 0 Å². The van der Waals surface area contributed by atoms with Gasteiger partial charge in [0.05, 0.1) is 25.3 Å². The van der Waals surface area contributed by atoms with Crippen molar-refractivity contribution in [2.75, 3.05) is 26.3 Å². The monoisotopic (exact) mass is 395 g/mol. The van der Waals surface area contributed by atoms with Gasteiger partial charge in [0.25, 0.3) is 5.91 Å². The number of carbonyl (C=O) groups excluding carboxylic acids is 1. The number of likely N-dealkylation sites (tertiary alicyclic amines) is 1. The molecular weight excluding hydrogens is 374 g/mol. The number of hydrogen-bond donors (Lipinski definition) is 0. The highest BCUT2D eigenvalue weighted by molar-refractivity contribution is 5.95. The molecule has 3 aromatic rings. The first-order valence-corrected chi connectivity index (χ1v) is 9.48. The first-order valence-electron chi connectivity index (χ1n) is 9.48. The third-order valence-electron chi connectivity index (χ3n) is 4.54. The van der Waals surface area contributed by atoms with Crippen LogP contribution in [0.25, 0.3) is 11.5 Å². The number of rotatable bonds is 7. The largest absolute Gasteiger partial charge is 0.490 e. The van der Waals surface area contributed by atoms with E-state index in [1.54, 1.807) is 41.7 Å². The molecule has 1 aliphatic rings. The van der Waals surface area contributed by atoms with Gasteiger partial charge in [-0.05, 0) is 32.0 Å². The fourth-order valence-corrected chi connectivity index (χ4v) is 3.09. The van der Waals surface area contributed by atoms with Crippen molar-refractivity contribution in [1.82, 2.24) is 25.0 Å². The number of nitrogens with zero attached hydrogens (tertiary/aromatic N) is 5. The Kier molecular flexibility index (Phi) is 5.37.